The first-order chi connectivity index (χ1) is 14.9. The van der Waals surface area contributed by atoms with Crippen LogP contribution in [0.15, 0.2) is 12.3 Å². The normalized spacial score (nSPS) is 35.7. The Labute approximate surface area is 154 Å². The van der Waals surface area contributed by atoms with E-state index in [9.17, 15) is 4.79 Å². The van der Waals surface area contributed by atoms with Crippen LogP contribution in [0.25, 0.3) is 15.9 Å². The van der Waals surface area contributed by atoms with Crippen molar-refractivity contribution in [2.45, 2.75) is 26.3 Å². The molecule has 0 aliphatic carbocycles. The average molecular weight is 335 g/mol. The van der Waals surface area contributed by atoms with Gasteiger partial charge in [0.25, 0.3) is 6.54 Å². The molecule has 2 atom stereocenters. The van der Waals surface area contributed by atoms with Crippen LogP contribution in [-0.4, -0.2) is 58.4 Å². The van der Waals surface area contributed by atoms with Crippen molar-refractivity contribution in [1.82, 2.24) is 19.9 Å². The van der Waals surface area contributed by atoms with Crippen LogP contribution in [0.1, 0.15) is 31.3 Å². The molecule has 2 aromatic heterocycles. The minimum atomic E-state index is -3.26. The van der Waals surface area contributed by atoms with Gasteiger partial charge in [-0.2, -0.15) is 0 Å². The third kappa shape index (κ3) is 2.92. The molecule has 24 heavy (non-hydrogen) atoms. The number of aromatic nitrogens is 3. The Kier molecular flexibility index (Phi) is 2.29. The monoisotopic (exact) mass is 335 g/mol. The van der Waals surface area contributed by atoms with E-state index in [1.54, 1.807) is 6.92 Å². The van der Waals surface area contributed by atoms with Gasteiger partial charge in [0.15, 0.2) is 0 Å². The number of hydrogen-bond acceptors (Lipinski definition) is 4. The van der Waals surface area contributed by atoms with E-state index in [0.717, 1.165) is 11.8 Å². The number of H-pyrrole nitrogens is 1. The highest BCUT2D eigenvalue weighted by molar-refractivity contribution is 5.88. The zero-order valence-corrected chi connectivity index (χ0v) is 13.4. The first kappa shape index (κ1) is 8.47. The summed E-state index contributed by atoms with van der Waals surface area (Å²) in [6.45, 7) is 2.36. The van der Waals surface area contributed by atoms with Crippen molar-refractivity contribution in [3.63, 3.8) is 0 Å². The number of fused-ring (bicyclic) bond motifs is 1. The van der Waals surface area contributed by atoms with Crippen LogP contribution in [0.3, 0.4) is 0 Å². The summed E-state index contributed by atoms with van der Waals surface area (Å²) in [7, 11) is 1.27. The fourth-order valence-corrected chi connectivity index (χ4v) is 2.43. The molecule has 0 aromatic carbocycles. The summed E-state index contributed by atoms with van der Waals surface area (Å²) in [6.07, 6.45) is -3.58. The maximum atomic E-state index is 12.7. The van der Waals surface area contributed by atoms with Gasteiger partial charge >= 0.3 is 5.91 Å². The minimum absolute atomic E-state index is 0.0471. The summed E-state index contributed by atoms with van der Waals surface area (Å²) in [5.74, 6) is -3.93. The third-order valence-corrected chi connectivity index (χ3v) is 3.61. The number of likely N-dealkylation sites (N-methyl/N-ethyl adjacent to an activating group) is 1. The number of carbonyl (C=O) groups excluding carboxylic acids is 1. The van der Waals surface area contributed by atoms with Gasteiger partial charge in [-0.3, -0.25) is 4.79 Å². The molecule has 1 aliphatic heterocycles. The van der Waals surface area contributed by atoms with Crippen molar-refractivity contribution < 1.29 is 17.1 Å². The number of anilines is 1. The van der Waals surface area contributed by atoms with E-state index in [2.05, 4.69) is 19.8 Å². The molecule has 1 N–H and O–H groups in total. The van der Waals surface area contributed by atoms with Crippen LogP contribution in [-0.2, 0) is 4.79 Å². The first-order valence-electron chi connectivity index (χ1n) is 11.7. The molecule has 0 spiro atoms. The molecule has 3 heterocycles. The van der Waals surface area contributed by atoms with Crippen LogP contribution in [0.4, 0.5) is 5.82 Å². The lowest BCUT2D eigenvalue weighted by Crippen LogP contribution is -2.53. The Morgan fingerprint density at radius 1 is 1.71 bits per heavy atom. The number of likely N-dealkylation sites (tertiary alicyclic amines) is 1. The van der Waals surface area contributed by atoms with Gasteiger partial charge in [-0.1, -0.05) is 6.92 Å². The highest BCUT2D eigenvalue weighted by atomic mass is 16.2. The predicted molar refractivity (Wildman–Crippen MR) is 92.6 cm³/mol. The van der Waals surface area contributed by atoms with E-state index in [4.69, 9.17) is 18.9 Å². The number of piperidine rings is 1. The Morgan fingerprint density at radius 3 is 3.25 bits per heavy atom. The van der Waals surface area contributed by atoms with E-state index >= 15 is 0 Å². The lowest BCUT2D eigenvalue weighted by atomic mass is 9.92. The Morgan fingerprint density at radius 2 is 2.50 bits per heavy atom. The van der Waals surface area contributed by atoms with Gasteiger partial charge in [0.1, 0.15) is 19.1 Å². The number of amides is 1. The zero-order chi connectivity index (χ0) is 25.3. The minimum Gasteiger partial charge on any atom is -0.354 e. The molecule has 2 aromatic rings. The fraction of sp³-hybridized carbons (Fsp3) is 0.529. The van der Waals surface area contributed by atoms with Crippen LogP contribution in [0.5, 0.6) is 0 Å². The van der Waals surface area contributed by atoms with Crippen molar-refractivity contribution in [3.05, 3.63) is 29.5 Å². The van der Waals surface area contributed by atoms with E-state index < -0.39 is 50.1 Å². The van der Waals surface area contributed by atoms with Gasteiger partial charge in [0.05, 0.1) is 15.5 Å². The molecule has 1 fully saturated rings. The van der Waals surface area contributed by atoms with Gasteiger partial charge < -0.3 is 19.6 Å². The molecule has 1 saturated heterocycles. The molecule has 7 nitrogen and oxygen atoms in total. The second-order valence-electron chi connectivity index (χ2n) is 5.35. The molecule has 7 heteroatoms. The molecular formula is C17H22N6O. The lowest BCUT2D eigenvalue weighted by Gasteiger charge is -2.41. The van der Waals surface area contributed by atoms with E-state index in [1.807, 2.05) is 0 Å². The number of aryl methyl sites for hydroxylation is 1. The second-order valence-corrected chi connectivity index (χ2v) is 5.35. The van der Waals surface area contributed by atoms with E-state index in [1.165, 1.54) is 7.05 Å². The van der Waals surface area contributed by atoms with Crippen molar-refractivity contribution in [2.75, 3.05) is 31.5 Å². The lowest BCUT2D eigenvalue weighted by molar-refractivity contribution is -0.130. The predicted octanol–water partition coefficient (Wildman–Crippen LogP) is 1.86. The van der Waals surface area contributed by atoms with Crippen LogP contribution >= 0.6 is 0 Å². The fourth-order valence-electron chi connectivity index (χ4n) is 2.43. The highest BCUT2D eigenvalue weighted by Gasteiger charge is 2.33. The Bertz CT molecular complexity index is 1170. The number of aromatic amines is 1. The largest absolute Gasteiger partial charge is 0.354 e. The molecule has 0 unspecified atom stereocenters. The van der Waals surface area contributed by atoms with Gasteiger partial charge in [-0.05, 0) is 25.2 Å². The van der Waals surface area contributed by atoms with Gasteiger partial charge in [-0.15, -0.1) is 0 Å². The van der Waals surface area contributed by atoms with Crippen LogP contribution in [0.2, 0.25) is 0 Å². The van der Waals surface area contributed by atoms with Crippen molar-refractivity contribution >= 4 is 22.8 Å². The standard InChI is InChI=1S/C17H22N6O/c1-11-5-6-23(15(24)8-18-3)9-14(11)22(4)17-13-7-12(2)21-16(13)19-10-20-17/h7,10-11,14H,5-6,8-9H2,1-2,4H3,(H,19,20,21)/t11-,14+/m1/s1/i5D2,6D2,7D,9D2,10D,11D. The highest BCUT2D eigenvalue weighted by Crippen LogP contribution is 2.29. The van der Waals surface area contributed by atoms with Gasteiger partial charge in [0.2, 0.25) is 0 Å². The number of nitrogens with zero attached hydrogens (tertiary/aromatic N) is 5. The van der Waals surface area contributed by atoms with Crippen LogP contribution < -0.4 is 4.90 Å². The maximum absolute atomic E-state index is 12.7. The molecule has 0 radical (unpaired) electrons. The van der Waals surface area contributed by atoms with Gasteiger partial charge in [-0.25, -0.2) is 16.5 Å². The topological polar surface area (TPSA) is 69.5 Å². The summed E-state index contributed by atoms with van der Waals surface area (Å²) in [5.41, 5.74) is 0.502. The van der Waals surface area contributed by atoms with Crippen molar-refractivity contribution in [3.8, 4) is 0 Å². The number of hydrogen-bond donors (Lipinski definition) is 1. The SMILES string of the molecule is [2H]c1nc(N(C)[C@H]2C([2H])([2H])N(C(=O)C[N+]#[C-])C([2H])([2H])C([2H])([2H])[C@@]2([2H])C)c2c([2H])c(C)[nH]c2n1. The second kappa shape index (κ2) is 6.48. The molecule has 3 rings (SSSR count). The Hall–Kier alpha value is -2.62. The summed E-state index contributed by atoms with van der Waals surface area (Å²) < 4.78 is 75.8. The molecule has 0 bridgehead atoms. The van der Waals surface area contributed by atoms with Crippen molar-refractivity contribution in [2.24, 2.45) is 5.89 Å². The molecule has 1 amide bonds. The number of rotatable bonds is 3. The quantitative estimate of drug-likeness (QED) is 0.869. The smallest absolute Gasteiger partial charge is 0.302 e. The van der Waals surface area contributed by atoms with Crippen LogP contribution in [0, 0.1) is 19.4 Å². The van der Waals surface area contributed by atoms with E-state index in [0.29, 0.717) is 5.69 Å². The molecule has 0 saturated carbocycles. The zero-order valence-electron chi connectivity index (χ0n) is 22.4. The maximum Gasteiger partial charge on any atom is 0.302 e. The summed E-state index contributed by atoms with van der Waals surface area (Å²) in [6, 6.07) is -1.90. The summed E-state index contributed by atoms with van der Waals surface area (Å²) in [4.78, 5) is 27.4. The average Bonchev–Trinajstić information content (AvgIpc) is 2.92. The van der Waals surface area contributed by atoms with Crippen molar-refractivity contribution in [1.29, 1.82) is 0 Å². The molecule has 1 aliphatic rings. The third-order valence-electron chi connectivity index (χ3n) is 3.61. The number of nitrogens with one attached hydrogen (secondary N) is 1. The summed E-state index contributed by atoms with van der Waals surface area (Å²) >= 11 is 0. The number of carbonyl (C=O) groups is 1. The van der Waals surface area contributed by atoms with E-state index in [-0.39, 0.29) is 27.8 Å². The molecule has 126 valence electrons. The van der Waals surface area contributed by atoms with Gasteiger partial charge in [0, 0.05) is 32.6 Å². The Balaban J connectivity index is 2.32. The summed E-state index contributed by atoms with van der Waals surface area (Å²) in [5, 5.41) is 0.103. The molecular weight excluding hydrogens is 304 g/mol. The first-order valence-corrected chi connectivity index (χ1v) is 7.17.